The average Bonchev–Trinajstić information content (AvgIpc) is 2.90. The van der Waals surface area contributed by atoms with Crippen LogP contribution in [0.2, 0.25) is 0 Å². The van der Waals surface area contributed by atoms with E-state index < -0.39 is 0 Å². The number of hydrogen-bond donors (Lipinski definition) is 1. The molecule has 0 aliphatic heterocycles. The first-order valence-corrected chi connectivity index (χ1v) is 6.78. The van der Waals surface area contributed by atoms with E-state index in [2.05, 4.69) is 56.8 Å². The number of halogens is 1. The lowest BCUT2D eigenvalue weighted by Gasteiger charge is -2.00. The summed E-state index contributed by atoms with van der Waals surface area (Å²) in [5, 5.41) is 0. The molecule has 3 aromatic rings. The maximum atomic E-state index is 4.45. The summed E-state index contributed by atoms with van der Waals surface area (Å²) >= 11 is 2.34. The second-order valence-electron chi connectivity index (χ2n) is 3.99. The third kappa shape index (κ3) is 2.18. The molecule has 0 amide bonds. The molecule has 0 saturated carbocycles. The van der Waals surface area contributed by atoms with Crippen LogP contribution in [0, 0.1) is 3.57 Å². The summed E-state index contributed by atoms with van der Waals surface area (Å²) in [6.07, 6.45) is 1.89. The molecule has 88 valence electrons. The molecule has 0 bridgehead atoms. The molecule has 0 aliphatic rings. The predicted molar refractivity (Wildman–Crippen MR) is 82.2 cm³/mol. The van der Waals surface area contributed by atoms with Gasteiger partial charge in [-0.05, 0) is 28.7 Å². The van der Waals surface area contributed by atoms with Crippen molar-refractivity contribution in [1.29, 1.82) is 0 Å². The van der Waals surface area contributed by atoms with Crippen molar-refractivity contribution >= 4 is 22.6 Å². The van der Waals surface area contributed by atoms with E-state index in [-0.39, 0.29) is 0 Å². The SMILES string of the molecule is Ic1ccccc1-c1cnc(-c2ccccc2)[nH]1. The molecule has 2 aromatic carbocycles. The average molecular weight is 346 g/mol. The summed E-state index contributed by atoms with van der Waals surface area (Å²) in [5.41, 5.74) is 3.35. The first-order valence-electron chi connectivity index (χ1n) is 5.70. The third-order valence-electron chi connectivity index (χ3n) is 2.79. The van der Waals surface area contributed by atoms with Crippen LogP contribution in [0.1, 0.15) is 0 Å². The number of aromatic nitrogens is 2. The van der Waals surface area contributed by atoms with Crippen molar-refractivity contribution in [1.82, 2.24) is 9.97 Å². The maximum Gasteiger partial charge on any atom is 0.137 e. The van der Waals surface area contributed by atoms with E-state index in [0.29, 0.717) is 0 Å². The molecule has 0 radical (unpaired) electrons. The van der Waals surface area contributed by atoms with Crippen molar-refractivity contribution in [2.45, 2.75) is 0 Å². The number of nitrogens with zero attached hydrogens (tertiary/aromatic N) is 1. The quantitative estimate of drug-likeness (QED) is 0.687. The van der Waals surface area contributed by atoms with Crippen LogP contribution in [0.5, 0.6) is 0 Å². The van der Waals surface area contributed by atoms with Gasteiger partial charge in [-0.2, -0.15) is 0 Å². The highest BCUT2D eigenvalue weighted by Crippen LogP contribution is 2.25. The monoisotopic (exact) mass is 346 g/mol. The smallest absolute Gasteiger partial charge is 0.137 e. The topological polar surface area (TPSA) is 28.7 Å². The highest BCUT2D eigenvalue weighted by Gasteiger charge is 2.07. The highest BCUT2D eigenvalue weighted by atomic mass is 127. The Morgan fingerprint density at radius 1 is 0.889 bits per heavy atom. The first kappa shape index (κ1) is 11.5. The zero-order chi connectivity index (χ0) is 12.4. The van der Waals surface area contributed by atoms with Gasteiger partial charge in [0, 0.05) is 14.7 Å². The van der Waals surface area contributed by atoms with E-state index in [1.807, 2.05) is 36.5 Å². The largest absolute Gasteiger partial charge is 0.338 e. The Labute approximate surface area is 119 Å². The lowest BCUT2D eigenvalue weighted by Crippen LogP contribution is -1.83. The Bertz CT molecular complexity index is 659. The molecule has 1 heterocycles. The molecular weight excluding hydrogens is 335 g/mol. The minimum atomic E-state index is 0.908. The molecule has 3 rings (SSSR count). The molecule has 0 unspecified atom stereocenters. The van der Waals surface area contributed by atoms with Gasteiger partial charge in [0.1, 0.15) is 5.82 Å². The molecule has 0 spiro atoms. The molecule has 1 aromatic heterocycles. The van der Waals surface area contributed by atoms with Crippen molar-refractivity contribution in [3.05, 3.63) is 64.4 Å². The Hall–Kier alpha value is -1.62. The van der Waals surface area contributed by atoms with Crippen LogP contribution < -0.4 is 0 Å². The highest BCUT2D eigenvalue weighted by molar-refractivity contribution is 14.1. The molecule has 0 aliphatic carbocycles. The zero-order valence-electron chi connectivity index (χ0n) is 9.60. The third-order valence-corrected chi connectivity index (χ3v) is 3.73. The van der Waals surface area contributed by atoms with Gasteiger partial charge in [-0.1, -0.05) is 48.5 Å². The van der Waals surface area contributed by atoms with Crippen molar-refractivity contribution < 1.29 is 0 Å². The Morgan fingerprint density at radius 3 is 2.39 bits per heavy atom. The standard InChI is InChI=1S/C15H11IN2/c16-13-9-5-4-8-12(13)14-10-17-15(18-14)11-6-2-1-3-7-11/h1-10H,(H,17,18). The lowest BCUT2D eigenvalue weighted by molar-refractivity contribution is 1.31. The molecule has 3 heteroatoms. The number of rotatable bonds is 2. The van der Waals surface area contributed by atoms with E-state index in [9.17, 15) is 0 Å². The van der Waals surface area contributed by atoms with Crippen molar-refractivity contribution in [3.63, 3.8) is 0 Å². The number of benzene rings is 2. The van der Waals surface area contributed by atoms with Gasteiger partial charge in [0.2, 0.25) is 0 Å². The summed E-state index contributed by atoms with van der Waals surface area (Å²) in [6, 6.07) is 18.4. The van der Waals surface area contributed by atoms with Crippen LogP contribution in [-0.4, -0.2) is 9.97 Å². The van der Waals surface area contributed by atoms with Crippen LogP contribution in [0.15, 0.2) is 60.8 Å². The Balaban J connectivity index is 2.03. The van der Waals surface area contributed by atoms with Crippen LogP contribution >= 0.6 is 22.6 Å². The fourth-order valence-corrected chi connectivity index (χ4v) is 2.56. The summed E-state index contributed by atoms with van der Waals surface area (Å²) < 4.78 is 1.22. The molecule has 2 nitrogen and oxygen atoms in total. The second kappa shape index (κ2) is 4.94. The van der Waals surface area contributed by atoms with Gasteiger partial charge in [0.25, 0.3) is 0 Å². The Kier molecular flexibility index (Phi) is 3.15. The minimum Gasteiger partial charge on any atom is -0.338 e. The van der Waals surface area contributed by atoms with Gasteiger partial charge in [-0.3, -0.25) is 0 Å². The van der Waals surface area contributed by atoms with Gasteiger partial charge in [-0.15, -0.1) is 0 Å². The van der Waals surface area contributed by atoms with E-state index >= 15 is 0 Å². The first-order chi connectivity index (χ1) is 8.84. The van der Waals surface area contributed by atoms with E-state index in [4.69, 9.17) is 0 Å². The molecule has 1 N–H and O–H groups in total. The summed E-state index contributed by atoms with van der Waals surface area (Å²) in [7, 11) is 0. The van der Waals surface area contributed by atoms with Crippen molar-refractivity contribution in [2.24, 2.45) is 0 Å². The summed E-state index contributed by atoms with van der Waals surface area (Å²) in [5.74, 6) is 0.908. The van der Waals surface area contributed by atoms with Crippen LogP contribution in [-0.2, 0) is 0 Å². The van der Waals surface area contributed by atoms with Gasteiger partial charge < -0.3 is 4.98 Å². The van der Waals surface area contributed by atoms with Crippen LogP contribution in [0.4, 0.5) is 0 Å². The number of imidazole rings is 1. The van der Waals surface area contributed by atoms with Crippen LogP contribution in [0.25, 0.3) is 22.6 Å². The Morgan fingerprint density at radius 2 is 1.61 bits per heavy atom. The molecule has 0 saturated heterocycles. The van der Waals surface area contributed by atoms with E-state index in [1.54, 1.807) is 0 Å². The summed E-state index contributed by atoms with van der Waals surface area (Å²) in [6.45, 7) is 0. The van der Waals surface area contributed by atoms with Crippen LogP contribution in [0.3, 0.4) is 0 Å². The summed E-state index contributed by atoms with van der Waals surface area (Å²) in [4.78, 5) is 7.82. The molecule has 0 atom stereocenters. The van der Waals surface area contributed by atoms with Gasteiger partial charge >= 0.3 is 0 Å². The fraction of sp³-hybridized carbons (Fsp3) is 0. The predicted octanol–water partition coefficient (Wildman–Crippen LogP) is 4.35. The normalized spacial score (nSPS) is 10.5. The number of aromatic amines is 1. The molecular formula is C15H11IN2. The van der Waals surface area contributed by atoms with Crippen molar-refractivity contribution in [2.75, 3.05) is 0 Å². The lowest BCUT2D eigenvalue weighted by atomic mass is 10.2. The molecule has 0 fully saturated rings. The fourth-order valence-electron chi connectivity index (χ4n) is 1.88. The van der Waals surface area contributed by atoms with Gasteiger partial charge in [0.05, 0.1) is 11.9 Å². The number of hydrogen-bond acceptors (Lipinski definition) is 1. The molecule has 18 heavy (non-hydrogen) atoms. The number of H-pyrrole nitrogens is 1. The maximum absolute atomic E-state index is 4.45. The number of nitrogens with one attached hydrogen (secondary N) is 1. The van der Waals surface area contributed by atoms with E-state index in [1.165, 1.54) is 9.13 Å². The minimum absolute atomic E-state index is 0.908. The zero-order valence-corrected chi connectivity index (χ0v) is 11.8. The van der Waals surface area contributed by atoms with Crippen molar-refractivity contribution in [3.8, 4) is 22.6 Å². The second-order valence-corrected chi connectivity index (χ2v) is 5.15. The van der Waals surface area contributed by atoms with Gasteiger partial charge in [-0.25, -0.2) is 4.98 Å². The van der Waals surface area contributed by atoms with Gasteiger partial charge in [0.15, 0.2) is 0 Å². The van der Waals surface area contributed by atoms with E-state index in [0.717, 1.165) is 17.1 Å².